The van der Waals surface area contributed by atoms with Crippen molar-refractivity contribution in [1.29, 1.82) is 0 Å². The maximum Gasteiger partial charge on any atom is 0.0723 e. The van der Waals surface area contributed by atoms with Crippen LogP contribution < -0.4 is 0 Å². The molecule has 0 saturated heterocycles. The lowest BCUT2D eigenvalue weighted by Crippen LogP contribution is -1.90. The summed E-state index contributed by atoms with van der Waals surface area (Å²) in [4.78, 5) is 20.3. The monoisotopic (exact) mass is 392 g/mol. The minimum Gasteiger partial charge on any atom is -0.264 e. The zero-order chi connectivity index (χ0) is 19.5. The van der Waals surface area contributed by atoms with Crippen molar-refractivity contribution < 1.29 is 0 Å². The number of aromatic nitrogens is 4. The van der Waals surface area contributed by atoms with Crippen molar-refractivity contribution in [3.63, 3.8) is 0 Å². The summed E-state index contributed by atoms with van der Waals surface area (Å²) < 4.78 is 0. The van der Waals surface area contributed by atoms with Gasteiger partial charge in [0.05, 0.1) is 11.4 Å². The highest BCUT2D eigenvalue weighted by Gasteiger charge is 2.24. The van der Waals surface area contributed by atoms with Gasteiger partial charge in [0, 0.05) is 69.2 Å². The fraction of sp³-hybridized carbons (Fsp3) is 0. The summed E-state index contributed by atoms with van der Waals surface area (Å²) in [5, 5.41) is 0. The summed E-state index contributed by atoms with van der Waals surface area (Å²) in [5.74, 6) is 0. The van der Waals surface area contributed by atoms with E-state index in [0.29, 0.717) is 0 Å². The van der Waals surface area contributed by atoms with E-state index in [-0.39, 0.29) is 0 Å². The average molecular weight is 392 g/mol. The van der Waals surface area contributed by atoms with Crippen molar-refractivity contribution >= 4 is 11.3 Å². The van der Waals surface area contributed by atoms with Crippen LogP contribution in [0.3, 0.4) is 0 Å². The Balaban J connectivity index is 1.89. The molecule has 138 valence electrons. The van der Waals surface area contributed by atoms with Crippen LogP contribution in [0.2, 0.25) is 0 Å². The molecule has 0 saturated carbocycles. The molecule has 4 nitrogen and oxygen atoms in total. The van der Waals surface area contributed by atoms with E-state index in [9.17, 15) is 0 Å². The molecule has 5 heterocycles. The first-order valence-corrected chi connectivity index (χ1v) is 10.0. The first-order valence-electron chi connectivity index (χ1n) is 9.22. The van der Waals surface area contributed by atoms with Gasteiger partial charge in [-0.15, -0.1) is 11.3 Å². The molecular weight excluding hydrogens is 376 g/mol. The molecule has 0 aliphatic carbocycles. The van der Waals surface area contributed by atoms with Gasteiger partial charge in [0.25, 0.3) is 0 Å². The lowest BCUT2D eigenvalue weighted by molar-refractivity contribution is 1.30. The summed E-state index contributed by atoms with van der Waals surface area (Å²) >= 11 is 1.72. The molecule has 0 spiro atoms. The molecular formula is C24H16N4S. The lowest BCUT2D eigenvalue weighted by Gasteiger charge is -2.09. The van der Waals surface area contributed by atoms with Gasteiger partial charge in [-0.25, -0.2) is 0 Å². The molecule has 0 radical (unpaired) electrons. The summed E-state index contributed by atoms with van der Waals surface area (Å²) in [6.45, 7) is 0. The van der Waals surface area contributed by atoms with Crippen molar-refractivity contribution in [2.45, 2.75) is 0 Å². The highest BCUT2D eigenvalue weighted by atomic mass is 32.1. The molecule has 0 bridgehead atoms. The van der Waals surface area contributed by atoms with Crippen molar-refractivity contribution in [1.82, 2.24) is 19.9 Å². The van der Waals surface area contributed by atoms with E-state index in [1.165, 1.54) is 0 Å². The van der Waals surface area contributed by atoms with E-state index in [2.05, 4.69) is 32.1 Å². The van der Waals surface area contributed by atoms with Crippen LogP contribution in [0, 0.1) is 0 Å². The quantitative estimate of drug-likeness (QED) is 0.377. The minimum absolute atomic E-state index is 0.915. The number of thiophene rings is 1. The Morgan fingerprint density at radius 1 is 0.517 bits per heavy atom. The van der Waals surface area contributed by atoms with Gasteiger partial charge in [-0.3, -0.25) is 19.9 Å². The van der Waals surface area contributed by atoms with Crippen LogP contribution in [-0.4, -0.2) is 19.9 Å². The Kier molecular flexibility index (Phi) is 4.64. The van der Waals surface area contributed by atoms with Crippen LogP contribution in [0.4, 0.5) is 0 Å². The van der Waals surface area contributed by atoms with Crippen LogP contribution in [0.25, 0.3) is 43.4 Å². The topological polar surface area (TPSA) is 51.6 Å². The molecule has 0 unspecified atom stereocenters. The molecule has 5 aromatic heterocycles. The SMILES string of the molecule is c1ccc(-c2c(-c3cccnc3)sc(-c3cccnc3)c2-c2ccccn2)nc1. The van der Waals surface area contributed by atoms with Gasteiger partial charge in [0.1, 0.15) is 0 Å². The highest BCUT2D eigenvalue weighted by Crippen LogP contribution is 2.50. The number of pyridine rings is 4. The van der Waals surface area contributed by atoms with Crippen molar-refractivity contribution in [2.24, 2.45) is 0 Å². The minimum atomic E-state index is 0.915. The lowest BCUT2D eigenvalue weighted by atomic mass is 9.97. The van der Waals surface area contributed by atoms with Crippen LogP contribution in [0.5, 0.6) is 0 Å². The number of hydrogen-bond donors (Lipinski definition) is 0. The Morgan fingerprint density at radius 3 is 1.41 bits per heavy atom. The fourth-order valence-corrected chi connectivity index (χ4v) is 4.64. The Morgan fingerprint density at radius 2 is 1.03 bits per heavy atom. The molecule has 0 aliphatic rings. The third kappa shape index (κ3) is 3.32. The van der Waals surface area contributed by atoms with Crippen LogP contribution in [0.1, 0.15) is 0 Å². The first kappa shape index (κ1) is 17.4. The molecule has 0 amide bonds. The summed E-state index contributed by atoms with van der Waals surface area (Å²) in [7, 11) is 0. The molecule has 0 aliphatic heterocycles. The first-order chi connectivity index (χ1) is 14.4. The standard InChI is InChI=1S/C24H16N4S/c1-3-13-27-19(9-1)21-22(20-10-2-4-14-28-20)24(18-8-6-12-26-16-18)29-23(21)17-7-5-11-25-15-17/h1-16H. The normalized spacial score (nSPS) is 10.8. The van der Waals surface area contributed by atoms with Crippen molar-refractivity contribution in [2.75, 3.05) is 0 Å². The van der Waals surface area contributed by atoms with E-state index in [0.717, 1.165) is 43.4 Å². The van der Waals surface area contributed by atoms with Crippen LogP contribution in [-0.2, 0) is 0 Å². The molecule has 5 aromatic rings. The zero-order valence-corrected chi connectivity index (χ0v) is 16.3. The Labute approximate surface area is 172 Å². The van der Waals surface area contributed by atoms with Crippen LogP contribution in [0.15, 0.2) is 97.8 Å². The second-order valence-corrected chi connectivity index (χ2v) is 7.44. The zero-order valence-electron chi connectivity index (χ0n) is 15.4. The second-order valence-electron chi connectivity index (χ2n) is 6.42. The largest absolute Gasteiger partial charge is 0.264 e. The summed E-state index contributed by atoms with van der Waals surface area (Å²) in [5.41, 5.74) is 6.09. The maximum absolute atomic E-state index is 4.67. The maximum atomic E-state index is 4.67. The number of rotatable bonds is 4. The Bertz CT molecular complexity index is 1120. The molecule has 0 fully saturated rings. The predicted molar refractivity (Wildman–Crippen MR) is 117 cm³/mol. The number of nitrogens with zero attached hydrogens (tertiary/aromatic N) is 4. The van der Waals surface area contributed by atoms with E-state index < -0.39 is 0 Å². The van der Waals surface area contributed by atoms with Crippen molar-refractivity contribution in [3.05, 3.63) is 97.8 Å². The molecule has 5 heteroatoms. The predicted octanol–water partition coefficient (Wildman–Crippen LogP) is 6.00. The van der Waals surface area contributed by atoms with Gasteiger partial charge in [0.15, 0.2) is 0 Å². The van der Waals surface area contributed by atoms with E-state index in [4.69, 9.17) is 0 Å². The highest BCUT2D eigenvalue weighted by molar-refractivity contribution is 7.20. The summed E-state index contributed by atoms with van der Waals surface area (Å²) in [6, 6.07) is 20.1. The molecule has 29 heavy (non-hydrogen) atoms. The fourth-order valence-electron chi connectivity index (χ4n) is 3.34. The van der Waals surface area contributed by atoms with Gasteiger partial charge in [-0.1, -0.05) is 24.3 Å². The van der Waals surface area contributed by atoms with Gasteiger partial charge >= 0.3 is 0 Å². The average Bonchev–Trinajstić information content (AvgIpc) is 3.22. The third-order valence-electron chi connectivity index (χ3n) is 4.60. The van der Waals surface area contributed by atoms with Crippen LogP contribution >= 0.6 is 11.3 Å². The van der Waals surface area contributed by atoms with E-state index in [1.54, 1.807) is 23.7 Å². The Hall–Kier alpha value is -3.70. The smallest absolute Gasteiger partial charge is 0.0723 e. The number of hydrogen-bond acceptors (Lipinski definition) is 5. The third-order valence-corrected chi connectivity index (χ3v) is 5.89. The molecule has 0 aromatic carbocycles. The van der Waals surface area contributed by atoms with Gasteiger partial charge in [0.2, 0.25) is 0 Å². The van der Waals surface area contributed by atoms with E-state index in [1.807, 2.05) is 73.3 Å². The second kappa shape index (κ2) is 7.73. The summed E-state index contributed by atoms with van der Waals surface area (Å²) in [6.07, 6.45) is 11.0. The van der Waals surface area contributed by atoms with Gasteiger partial charge in [-0.05, 0) is 36.4 Å². The molecule has 0 atom stereocenters. The van der Waals surface area contributed by atoms with Gasteiger partial charge < -0.3 is 0 Å². The van der Waals surface area contributed by atoms with Gasteiger partial charge in [-0.2, -0.15) is 0 Å². The molecule has 5 rings (SSSR count). The van der Waals surface area contributed by atoms with E-state index >= 15 is 0 Å². The van der Waals surface area contributed by atoms with Crippen molar-refractivity contribution in [3.8, 4) is 43.4 Å². The molecule has 0 N–H and O–H groups in total.